The van der Waals surface area contributed by atoms with E-state index in [2.05, 4.69) is 4.99 Å². The summed E-state index contributed by atoms with van der Waals surface area (Å²) < 4.78 is 127. The van der Waals surface area contributed by atoms with Gasteiger partial charge in [-0.15, -0.1) is 0 Å². The summed E-state index contributed by atoms with van der Waals surface area (Å²) in [5, 5.41) is 11.2. The molecule has 1 atom stereocenters. The maximum Gasteiger partial charge on any atom is 0.327 e. The summed E-state index contributed by atoms with van der Waals surface area (Å²) in [6.07, 6.45) is 6.10. The molecular weight excluding hydrogens is 747 g/mol. The van der Waals surface area contributed by atoms with Gasteiger partial charge in [0.05, 0.1) is 16.4 Å². The van der Waals surface area contributed by atoms with Gasteiger partial charge in [0, 0.05) is 36.6 Å². The van der Waals surface area contributed by atoms with E-state index in [9.17, 15) is 52.4 Å². The highest BCUT2D eigenvalue weighted by Gasteiger charge is 2.25. The van der Waals surface area contributed by atoms with E-state index in [0.717, 1.165) is 6.07 Å². The van der Waals surface area contributed by atoms with Crippen LogP contribution in [-0.4, -0.2) is 111 Å². The average Bonchev–Trinajstić information content (AvgIpc) is 2.94. The number of anilines is 1. The summed E-state index contributed by atoms with van der Waals surface area (Å²) in [7, 11) is -17.7. The molecule has 6 N–H and O–H groups in total. The van der Waals surface area contributed by atoms with Crippen molar-refractivity contribution in [1.29, 1.82) is 0 Å². The molecule has 1 unspecified atom stereocenters. The molecule has 0 aliphatic heterocycles. The minimum atomic E-state index is -4.68. The molecule has 284 valence electrons. The highest BCUT2D eigenvalue weighted by Crippen LogP contribution is 2.29. The van der Waals surface area contributed by atoms with Gasteiger partial charge >= 0.3 is 5.97 Å². The number of aliphatic imine (C=N–C) groups is 1. The second-order valence-corrected chi connectivity index (χ2v) is 17.2. The molecule has 50 heavy (non-hydrogen) atoms. The van der Waals surface area contributed by atoms with Gasteiger partial charge in [0.15, 0.2) is 0 Å². The molecule has 1 aromatic carbocycles. The zero-order valence-corrected chi connectivity index (χ0v) is 30.6. The van der Waals surface area contributed by atoms with Gasteiger partial charge in [0.2, 0.25) is 5.91 Å². The number of benzene rings is 1. The summed E-state index contributed by atoms with van der Waals surface area (Å²) in [5.74, 6) is -4.66. The van der Waals surface area contributed by atoms with Gasteiger partial charge in [0.25, 0.3) is 40.5 Å². The Hall–Kier alpha value is -3.25. The Balaban J connectivity index is 3.31. The quantitative estimate of drug-likeness (QED) is 0.0399. The number of rotatable bonds is 23. The normalized spacial score (nSPS) is 14.1. The highest BCUT2D eigenvalue weighted by molar-refractivity contribution is 7.86. The Morgan fingerprint density at radius 1 is 0.860 bits per heavy atom. The van der Waals surface area contributed by atoms with E-state index in [4.69, 9.17) is 14.2 Å². The average molecular weight is 790 g/mol. The zero-order chi connectivity index (χ0) is 38.3. The maximum absolute atomic E-state index is 12.3. The molecule has 0 aliphatic rings. The smallest absolute Gasteiger partial charge is 0.327 e. The first-order valence-corrected chi connectivity index (χ1v) is 21.3. The van der Waals surface area contributed by atoms with Crippen LogP contribution in [0.1, 0.15) is 57.4 Å². The minimum absolute atomic E-state index is 0.0287. The first-order chi connectivity index (χ1) is 22.9. The number of nitrogens with zero attached hydrogens (tertiary/aromatic N) is 2. The standard InChI is InChI=1S/C28H43N3O15S4/c1-21-19-24(50(44,45)46)13-14-26(21)31(16-8-18-48(38,39)40)23(11-6-9-22(2)29-15-7-17-47(35,36)37)10-4-3-5-12-27(32)30-25(28(33)34)20-49(41,42)43/h6,9,11,13-14,19,25H,3-5,7-8,10,12,15-18,20H2,1-2H3,(H,30,32)(H,33,34)(H,35,36,37)(H,38,39,40)(H,41,42,43)(H,44,45,46)/b9-6+,23-11+,29-22-. The molecule has 0 aromatic heterocycles. The third-order valence-corrected chi connectivity index (χ3v) is 10.00. The molecule has 0 saturated carbocycles. The molecule has 1 aromatic rings. The number of amides is 1. The van der Waals surface area contributed by atoms with Crippen molar-refractivity contribution in [1.82, 2.24) is 5.32 Å². The molecule has 0 aliphatic carbocycles. The van der Waals surface area contributed by atoms with Crippen LogP contribution in [0.2, 0.25) is 0 Å². The maximum atomic E-state index is 12.3. The van der Waals surface area contributed by atoms with E-state index < -0.39 is 75.6 Å². The fraction of sp³-hybridized carbons (Fsp3) is 0.536. The monoisotopic (exact) mass is 789 g/mol. The second kappa shape index (κ2) is 20.0. The molecule has 22 heteroatoms. The van der Waals surface area contributed by atoms with Crippen LogP contribution < -0.4 is 10.2 Å². The number of carboxylic acid groups (broad SMARTS) is 1. The molecular formula is C28H43N3O15S4. The number of aliphatic carboxylic acids is 1. The van der Waals surface area contributed by atoms with Crippen molar-refractivity contribution in [3.05, 3.63) is 47.7 Å². The van der Waals surface area contributed by atoms with Gasteiger partial charge in [-0.05, 0) is 81.9 Å². The number of allylic oxidation sites excluding steroid dienone is 4. The number of aryl methyl sites for hydroxylation is 1. The molecule has 0 fully saturated rings. The third kappa shape index (κ3) is 19.8. The zero-order valence-electron chi connectivity index (χ0n) is 27.4. The van der Waals surface area contributed by atoms with Crippen LogP contribution in [-0.2, 0) is 50.1 Å². The lowest BCUT2D eigenvalue weighted by Crippen LogP contribution is -2.45. The number of unbranched alkanes of at least 4 members (excludes halogenated alkanes) is 2. The van der Waals surface area contributed by atoms with Crippen molar-refractivity contribution in [3.63, 3.8) is 0 Å². The molecule has 18 nitrogen and oxygen atoms in total. The Labute approximate surface area is 292 Å². The van der Waals surface area contributed by atoms with Crippen molar-refractivity contribution < 1.29 is 66.6 Å². The summed E-state index contributed by atoms with van der Waals surface area (Å²) in [6, 6.07) is 1.96. The van der Waals surface area contributed by atoms with E-state index in [1.165, 1.54) is 12.1 Å². The Morgan fingerprint density at radius 3 is 2.00 bits per heavy atom. The summed E-state index contributed by atoms with van der Waals surface area (Å²) in [6.45, 7) is 3.36. The summed E-state index contributed by atoms with van der Waals surface area (Å²) in [4.78, 5) is 29.1. The molecule has 1 amide bonds. The van der Waals surface area contributed by atoms with Gasteiger partial charge in [-0.25, -0.2) is 4.79 Å². The topological polar surface area (TPSA) is 299 Å². The molecule has 1 rings (SSSR count). The fourth-order valence-corrected chi connectivity index (χ4v) is 6.70. The van der Waals surface area contributed by atoms with Crippen LogP contribution in [0.5, 0.6) is 0 Å². The number of nitrogens with one attached hydrogen (secondary N) is 1. The van der Waals surface area contributed by atoms with Crippen molar-refractivity contribution >= 4 is 63.7 Å². The van der Waals surface area contributed by atoms with Gasteiger partial charge in [-0.1, -0.05) is 12.5 Å². The highest BCUT2D eigenvalue weighted by atomic mass is 32.2. The van der Waals surface area contributed by atoms with Crippen molar-refractivity contribution in [3.8, 4) is 0 Å². The van der Waals surface area contributed by atoms with E-state index in [1.54, 1.807) is 37.0 Å². The van der Waals surface area contributed by atoms with Gasteiger partial charge in [-0.3, -0.25) is 28.0 Å². The number of carbonyl (C=O) groups excluding carboxylic acids is 1. The van der Waals surface area contributed by atoms with Crippen LogP contribution in [0.25, 0.3) is 0 Å². The van der Waals surface area contributed by atoms with Crippen molar-refractivity contribution in [2.24, 2.45) is 4.99 Å². The minimum Gasteiger partial charge on any atom is -0.480 e. The Kier molecular flexibility index (Phi) is 17.9. The van der Waals surface area contributed by atoms with Crippen LogP contribution >= 0.6 is 0 Å². The largest absolute Gasteiger partial charge is 0.480 e. The molecule has 0 saturated heterocycles. The van der Waals surface area contributed by atoms with E-state index >= 15 is 0 Å². The summed E-state index contributed by atoms with van der Waals surface area (Å²) >= 11 is 0. The van der Waals surface area contributed by atoms with Gasteiger partial charge < -0.3 is 15.3 Å². The van der Waals surface area contributed by atoms with Crippen LogP contribution in [0.4, 0.5) is 5.69 Å². The molecule has 0 heterocycles. The first kappa shape index (κ1) is 44.8. The van der Waals surface area contributed by atoms with Gasteiger partial charge in [0.1, 0.15) is 11.8 Å². The van der Waals surface area contributed by atoms with Crippen LogP contribution in [0.3, 0.4) is 0 Å². The number of hydrogen-bond donors (Lipinski definition) is 6. The fourth-order valence-electron chi connectivity index (χ4n) is 4.50. The third-order valence-electron chi connectivity index (χ3n) is 6.78. The van der Waals surface area contributed by atoms with Crippen LogP contribution in [0.15, 0.2) is 52.0 Å². The Morgan fingerprint density at radius 2 is 1.46 bits per heavy atom. The lowest BCUT2D eigenvalue weighted by Gasteiger charge is -2.29. The van der Waals surface area contributed by atoms with Gasteiger partial charge in [-0.2, -0.15) is 33.7 Å². The predicted molar refractivity (Wildman–Crippen MR) is 185 cm³/mol. The summed E-state index contributed by atoms with van der Waals surface area (Å²) in [5.41, 5.74) is 1.91. The number of hydrogen-bond acceptors (Lipinski definition) is 12. The molecule has 0 spiro atoms. The van der Waals surface area contributed by atoms with E-state index in [-0.39, 0.29) is 43.7 Å². The number of carboxylic acids is 1. The SMILES string of the molecule is CC(/C=C/C=C(\CCCCCC(=O)NC(CS(=O)(=O)O)C(=O)O)N(CCCS(=O)(=O)O)c1ccc(S(=O)(=O)O)cc1C)=N/CCCS(=O)(=O)O. The van der Waals surface area contributed by atoms with E-state index in [1.807, 2.05) is 5.32 Å². The molecule has 0 radical (unpaired) electrons. The first-order valence-electron chi connectivity index (χ1n) is 15.0. The lowest BCUT2D eigenvalue weighted by atomic mass is 10.1. The lowest BCUT2D eigenvalue weighted by molar-refractivity contribution is -0.141. The predicted octanol–water partition coefficient (Wildman–Crippen LogP) is 1.91. The van der Waals surface area contributed by atoms with Crippen molar-refractivity contribution in [2.45, 2.75) is 69.7 Å². The van der Waals surface area contributed by atoms with Crippen LogP contribution in [0, 0.1) is 6.92 Å². The van der Waals surface area contributed by atoms with Crippen molar-refractivity contribution in [2.75, 3.05) is 35.2 Å². The second-order valence-electron chi connectivity index (χ2n) is 11.2. The Bertz CT molecular complexity index is 1870. The van der Waals surface area contributed by atoms with E-state index in [0.29, 0.717) is 41.9 Å². The molecule has 0 bridgehead atoms. The number of carbonyl (C=O) groups is 2.